The number of hydrogen-bond acceptors (Lipinski definition) is 4. The van der Waals surface area contributed by atoms with E-state index >= 15 is 0 Å². The zero-order valence-electron chi connectivity index (χ0n) is 9.77. The van der Waals surface area contributed by atoms with Gasteiger partial charge in [-0.3, -0.25) is 5.32 Å². The number of methoxy groups -OCH3 is 1. The molecule has 0 radical (unpaired) electrons. The highest BCUT2D eigenvalue weighted by Crippen LogP contribution is 2.23. The molecule has 2 rings (SSSR count). The van der Waals surface area contributed by atoms with Gasteiger partial charge in [0.25, 0.3) is 0 Å². The first-order valence-electron chi connectivity index (χ1n) is 5.30. The number of ether oxygens (including phenoxy) is 2. The van der Waals surface area contributed by atoms with E-state index in [1.165, 1.54) is 0 Å². The molecule has 1 amide bonds. The predicted molar refractivity (Wildman–Crippen MR) is 65.1 cm³/mol. The zero-order valence-corrected chi connectivity index (χ0v) is 9.77. The van der Waals surface area contributed by atoms with Crippen molar-refractivity contribution in [2.75, 3.05) is 25.6 Å². The Balaban J connectivity index is 2.21. The van der Waals surface area contributed by atoms with Gasteiger partial charge >= 0.3 is 6.09 Å². The summed E-state index contributed by atoms with van der Waals surface area (Å²) in [5, 5.41) is 11.0. The first kappa shape index (κ1) is 12.2. The molecule has 0 unspecified atom stereocenters. The van der Waals surface area contributed by atoms with Crippen LogP contribution in [0.5, 0.6) is 5.88 Å². The number of rotatable bonds is 5. The summed E-state index contributed by atoms with van der Waals surface area (Å²) in [6.45, 7) is 0.855. The van der Waals surface area contributed by atoms with Gasteiger partial charge in [0.2, 0.25) is 5.88 Å². The molecule has 0 aliphatic heterocycles. The Kier molecular flexibility index (Phi) is 3.63. The quantitative estimate of drug-likeness (QED) is 0.702. The first-order chi connectivity index (χ1) is 8.70. The van der Waals surface area contributed by atoms with E-state index in [1.807, 2.05) is 0 Å². The van der Waals surface area contributed by atoms with Gasteiger partial charge in [-0.1, -0.05) is 0 Å². The Morgan fingerprint density at radius 2 is 2.33 bits per heavy atom. The van der Waals surface area contributed by atoms with E-state index in [-0.39, 0.29) is 0 Å². The largest absolute Gasteiger partial charge is 0.475 e. The molecule has 2 aromatic heterocycles. The molecule has 0 saturated heterocycles. The molecule has 18 heavy (non-hydrogen) atoms. The summed E-state index contributed by atoms with van der Waals surface area (Å²) in [4.78, 5) is 17.8. The van der Waals surface area contributed by atoms with Crippen molar-refractivity contribution in [1.82, 2.24) is 9.97 Å². The second-order valence-electron chi connectivity index (χ2n) is 3.52. The molecule has 3 N–H and O–H groups in total. The number of nitrogens with zero attached hydrogens (tertiary/aromatic N) is 1. The van der Waals surface area contributed by atoms with E-state index in [2.05, 4.69) is 15.3 Å². The fraction of sp³-hybridized carbons (Fsp3) is 0.273. The number of amides is 1. The van der Waals surface area contributed by atoms with Crippen molar-refractivity contribution in [1.29, 1.82) is 0 Å². The third-order valence-electron chi connectivity index (χ3n) is 2.28. The molecule has 0 aliphatic carbocycles. The molecule has 0 aromatic carbocycles. The summed E-state index contributed by atoms with van der Waals surface area (Å²) in [5.41, 5.74) is 1.65. The SMILES string of the molecule is COCCOc1ccc2[nH]cc(NC(=O)O)c2n1. The lowest BCUT2D eigenvalue weighted by atomic mass is 10.3. The van der Waals surface area contributed by atoms with Gasteiger partial charge in [0.15, 0.2) is 0 Å². The number of H-pyrrole nitrogens is 1. The monoisotopic (exact) mass is 251 g/mol. The van der Waals surface area contributed by atoms with Gasteiger partial charge in [0, 0.05) is 19.4 Å². The van der Waals surface area contributed by atoms with Crippen molar-refractivity contribution in [3.63, 3.8) is 0 Å². The van der Waals surface area contributed by atoms with Crippen LogP contribution in [0.4, 0.5) is 10.5 Å². The van der Waals surface area contributed by atoms with Crippen LogP contribution in [0.2, 0.25) is 0 Å². The van der Waals surface area contributed by atoms with E-state index in [9.17, 15) is 4.79 Å². The fourth-order valence-corrected chi connectivity index (χ4v) is 1.50. The first-order valence-corrected chi connectivity index (χ1v) is 5.30. The average molecular weight is 251 g/mol. The molecule has 0 fully saturated rings. The third-order valence-corrected chi connectivity index (χ3v) is 2.28. The van der Waals surface area contributed by atoms with Gasteiger partial charge in [-0.05, 0) is 6.07 Å². The smallest absolute Gasteiger partial charge is 0.409 e. The zero-order chi connectivity index (χ0) is 13.0. The van der Waals surface area contributed by atoms with E-state index in [1.54, 1.807) is 25.4 Å². The molecule has 0 spiro atoms. The Hall–Kier alpha value is -2.28. The van der Waals surface area contributed by atoms with Gasteiger partial charge in [-0.2, -0.15) is 0 Å². The van der Waals surface area contributed by atoms with Gasteiger partial charge in [-0.15, -0.1) is 0 Å². The summed E-state index contributed by atoms with van der Waals surface area (Å²) in [7, 11) is 1.58. The summed E-state index contributed by atoms with van der Waals surface area (Å²) >= 11 is 0. The van der Waals surface area contributed by atoms with Crippen molar-refractivity contribution >= 4 is 22.8 Å². The number of hydrogen-bond donors (Lipinski definition) is 3. The van der Waals surface area contributed by atoms with Gasteiger partial charge < -0.3 is 19.6 Å². The van der Waals surface area contributed by atoms with Crippen LogP contribution >= 0.6 is 0 Å². The standard InChI is InChI=1S/C11H13N3O4/c1-17-4-5-18-9-3-2-7-10(14-9)8(6-12-7)13-11(15)16/h2-3,6,12-13H,4-5H2,1H3,(H,15,16). The number of pyridine rings is 1. The van der Waals surface area contributed by atoms with E-state index in [0.717, 1.165) is 5.52 Å². The highest BCUT2D eigenvalue weighted by atomic mass is 16.5. The van der Waals surface area contributed by atoms with Crippen LogP contribution < -0.4 is 10.1 Å². The average Bonchev–Trinajstić information content (AvgIpc) is 2.72. The van der Waals surface area contributed by atoms with Crippen molar-refractivity contribution in [3.05, 3.63) is 18.3 Å². The maximum absolute atomic E-state index is 10.6. The molecular weight excluding hydrogens is 238 g/mol. The van der Waals surface area contributed by atoms with Crippen LogP contribution in [0.1, 0.15) is 0 Å². The highest BCUT2D eigenvalue weighted by Gasteiger charge is 2.08. The van der Waals surface area contributed by atoms with Crippen LogP contribution in [-0.2, 0) is 4.74 Å². The summed E-state index contributed by atoms with van der Waals surface area (Å²) in [6.07, 6.45) is 0.411. The van der Waals surface area contributed by atoms with Crippen LogP contribution in [0, 0.1) is 0 Å². The lowest BCUT2D eigenvalue weighted by Crippen LogP contribution is -2.07. The molecule has 0 saturated carbocycles. The number of carboxylic acid groups (broad SMARTS) is 1. The molecule has 7 heteroatoms. The van der Waals surface area contributed by atoms with E-state index in [0.29, 0.717) is 30.3 Å². The minimum absolute atomic E-state index is 0.390. The molecular formula is C11H13N3O4. The number of anilines is 1. The molecule has 96 valence electrons. The van der Waals surface area contributed by atoms with Crippen molar-refractivity contribution < 1.29 is 19.4 Å². The maximum Gasteiger partial charge on any atom is 0.409 e. The number of aromatic nitrogens is 2. The Morgan fingerprint density at radius 3 is 3.06 bits per heavy atom. The third kappa shape index (κ3) is 2.69. The molecule has 0 atom stereocenters. The van der Waals surface area contributed by atoms with Gasteiger partial charge in [0.05, 0.1) is 17.8 Å². The van der Waals surface area contributed by atoms with Crippen LogP contribution in [-0.4, -0.2) is 41.5 Å². The molecule has 0 bridgehead atoms. The predicted octanol–water partition coefficient (Wildman–Crippen LogP) is 1.68. The maximum atomic E-state index is 10.6. The number of nitrogens with one attached hydrogen (secondary N) is 2. The Labute approximate surface area is 103 Å². The normalized spacial score (nSPS) is 10.5. The van der Waals surface area contributed by atoms with Crippen LogP contribution in [0.25, 0.3) is 11.0 Å². The Morgan fingerprint density at radius 1 is 1.50 bits per heavy atom. The lowest BCUT2D eigenvalue weighted by molar-refractivity contribution is 0.144. The topological polar surface area (TPSA) is 96.5 Å². The summed E-state index contributed by atoms with van der Waals surface area (Å²) in [6, 6.07) is 3.48. The molecule has 0 aliphatic rings. The van der Waals surface area contributed by atoms with Crippen molar-refractivity contribution in [2.45, 2.75) is 0 Å². The summed E-state index contributed by atoms with van der Waals surface area (Å²) < 4.78 is 10.2. The summed E-state index contributed by atoms with van der Waals surface area (Å²) in [5.74, 6) is 0.424. The van der Waals surface area contributed by atoms with Crippen molar-refractivity contribution in [2.24, 2.45) is 0 Å². The lowest BCUT2D eigenvalue weighted by Gasteiger charge is -2.04. The molecule has 2 heterocycles. The minimum Gasteiger partial charge on any atom is -0.475 e. The second-order valence-corrected chi connectivity index (χ2v) is 3.52. The fourth-order valence-electron chi connectivity index (χ4n) is 1.50. The molecule has 7 nitrogen and oxygen atoms in total. The number of fused-ring (bicyclic) bond motifs is 1. The van der Waals surface area contributed by atoms with Gasteiger partial charge in [-0.25, -0.2) is 9.78 Å². The van der Waals surface area contributed by atoms with Gasteiger partial charge in [0.1, 0.15) is 12.1 Å². The highest BCUT2D eigenvalue weighted by molar-refractivity contribution is 5.96. The minimum atomic E-state index is -1.14. The van der Waals surface area contributed by atoms with E-state index in [4.69, 9.17) is 14.6 Å². The Bertz CT molecular complexity index is 552. The van der Waals surface area contributed by atoms with E-state index < -0.39 is 6.09 Å². The van der Waals surface area contributed by atoms with Crippen LogP contribution in [0.15, 0.2) is 18.3 Å². The van der Waals surface area contributed by atoms with Crippen LogP contribution in [0.3, 0.4) is 0 Å². The molecule has 2 aromatic rings. The van der Waals surface area contributed by atoms with Crippen molar-refractivity contribution in [3.8, 4) is 5.88 Å². The number of aromatic amines is 1. The second kappa shape index (κ2) is 5.37. The number of carbonyl (C=O) groups is 1.